The first-order valence-electron chi connectivity index (χ1n) is 6.59. The molecule has 2 rings (SSSR count). The molecule has 1 heterocycles. The van der Waals surface area contributed by atoms with Gasteiger partial charge in [-0.1, -0.05) is 11.8 Å². The number of rotatable bonds is 9. The minimum Gasteiger partial charge on any atom is -0.481 e. The Balaban J connectivity index is 1.97. The maximum absolute atomic E-state index is 11.0. The number of aromatic nitrogens is 3. The molecule has 0 aliphatic heterocycles. The van der Waals surface area contributed by atoms with Crippen LogP contribution in [-0.2, 0) is 21.4 Å². The van der Waals surface area contributed by atoms with Gasteiger partial charge in [0.05, 0.1) is 12.0 Å². The molecule has 0 unspecified atom stereocenters. The Labute approximate surface area is 127 Å². The van der Waals surface area contributed by atoms with Crippen molar-refractivity contribution in [1.82, 2.24) is 19.5 Å². The first-order valence-corrected chi connectivity index (χ1v) is 9.47. The maximum atomic E-state index is 11.0. The van der Waals surface area contributed by atoms with E-state index in [1.807, 2.05) is 4.57 Å². The fourth-order valence-corrected chi connectivity index (χ4v) is 3.09. The van der Waals surface area contributed by atoms with E-state index in [1.54, 1.807) is 0 Å². The van der Waals surface area contributed by atoms with Gasteiger partial charge in [-0.05, 0) is 19.3 Å². The first-order chi connectivity index (χ1) is 9.87. The second kappa shape index (κ2) is 6.75. The summed E-state index contributed by atoms with van der Waals surface area (Å²) in [5.74, 6) is 0.313. The summed E-state index contributed by atoms with van der Waals surface area (Å²) in [7, 11) is -3.18. The summed E-state index contributed by atoms with van der Waals surface area (Å²) in [5.41, 5.74) is 0. The molecule has 10 heteroatoms. The van der Waals surface area contributed by atoms with Crippen molar-refractivity contribution in [3.8, 4) is 0 Å². The summed E-state index contributed by atoms with van der Waals surface area (Å²) < 4.78 is 26.4. The second-order valence-electron chi connectivity index (χ2n) is 4.97. The molecule has 0 spiro atoms. The minimum absolute atomic E-state index is 0.0651. The molecule has 8 nitrogen and oxygen atoms in total. The van der Waals surface area contributed by atoms with E-state index in [4.69, 9.17) is 5.11 Å². The molecule has 1 fully saturated rings. The zero-order valence-electron chi connectivity index (χ0n) is 11.7. The molecule has 0 radical (unpaired) electrons. The van der Waals surface area contributed by atoms with Gasteiger partial charge < -0.3 is 9.67 Å². The highest BCUT2D eigenvalue weighted by molar-refractivity contribution is 7.99. The van der Waals surface area contributed by atoms with Gasteiger partial charge in [-0.15, -0.1) is 10.2 Å². The van der Waals surface area contributed by atoms with Crippen LogP contribution < -0.4 is 4.72 Å². The molecule has 1 aliphatic carbocycles. The van der Waals surface area contributed by atoms with Gasteiger partial charge in [0.1, 0.15) is 5.82 Å². The number of hydrogen-bond acceptors (Lipinski definition) is 6. The number of carboxylic acids is 1. The predicted octanol–water partition coefficient (Wildman–Crippen LogP) is 0.271. The lowest BCUT2D eigenvalue weighted by Gasteiger charge is -2.09. The third-order valence-corrected chi connectivity index (χ3v) is 4.62. The molecule has 0 atom stereocenters. The standard InChI is InChI=1S/C11H18N4O4S2/c1-21(18,19)12-5-2-6-15-10(8-3-4-8)13-14-11(15)20-7-9(16)17/h8,12H,2-7H2,1H3,(H,16,17). The van der Waals surface area contributed by atoms with Crippen molar-refractivity contribution < 1.29 is 18.3 Å². The van der Waals surface area contributed by atoms with Gasteiger partial charge >= 0.3 is 5.97 Å². The van der Waals surface area contributed by atoms with Gasteiger partial charge in [0.2, 0.25) is 10.0 Å². The molecular weight excluding hydrogens is 316 g/mol. The summed E-state index contributed by atoms with van der Waals surface area (Å²) in [6.45, 7) is 0.910. The average molecular weight is 334 g/mol. The fourth-order valence-electron chi connectivity index (χ4n) is 1.88. The number of nitrogens with one attached hydrogen (secondary N) is 1. The number of thioether (sulfide) groups is 1. The number of carboxylic acid groups (broad SMARTS) is 1. The van der Waals surface area contributed by atoms with Crippen molar-refractivity contribution in [2.45, 2.75) is 36.9 Å². The van der Waals surface area contributed by atoms with Crippen molar-refractivity contribution in [2.24, 2.45) is 0 Å². The minimum atomic E-state index is -3.18. The van der Waals surface area contributed by atoms with Crippen LogP contribution in [0.2, 0.25) is 0 Å². The normalized spacial score (nSPS) is 15.3. The Morgan fingerprint density at radius 2 is 2.19 bits per heavy atom. The van der Waals surface area contributed by atoms with Crippen molar-refractivity contribution in [3.05, 3.63) is 5.82 Å². The van der Waals surface area contributed by atoms with Crippen LogP contribution in [0.15, 0.2) is 5.16 Å². The highest BCUT2D eigenvalue weighted by Gasteiger charge is 2.30. The Hall–Kier alpha value is -1.13. The molecule has 0 amide bonds. The Bertz CT molecular complexity index is 610. The lowest BCUT2D eigenvalue weighted by atomic mass is 10.3. The number of carbonyl (C=O) groups is 1. The van der Waals surface area contributed by atoms with E-state index in [-0.39, 0.29) is 5.75 Å². The summed E-state index contributed by atoms with van der Waals surface area (Å²) in [6.07, 6.45) is 3.87. The van der Waals surface area contributed by atoms with E-state index in [0.29, 0.717) is 30.6 Å². The highest BCUT2D eigenvalue weighted by Crippen LogP contribution is 2.40. The second-order valence-corrected chi connectivity index (χ2v) is 7.74. The molecule has 0 aromatic carbocycles. The van der Waals surface area contributed by atoms with Crippen molar-refractivity contribution in [2.75, 3.05) is 18.6 Å². The zero-order chi connectivity index (χ0) is 15.5. The monoisotopic (exact) mass is 334 g/mol. The maximum Gasteiger partial charge on any atom is 0.313 e. The zero-order valence-corrected chi connectivity index (χ0v) is 13.3. The summed E-state index contributed by atoms with van der Waals surface area (Å²) in [4.78, 5) is 10.7. The lowest BCUT2D eigenvalue weighted by molar-refractivity contribution is -0.133. The van der Waals surface area contributed by atoms with E-state index < -0.39 is 16.0 Å². The van der Waals surface area contributed by atoms with E-state index in [1.165, 1.54) is 0 Å². The number of sulfonamides is 1. The van der Waals surface area contributed by atoms with Gasteiger partial charge in [-0.25, -0.2) is 13.1 Å². The van der Waals surface area contributed by atoms with Crippen LogP contribution in [0.5, 0.6) is 0 Å². The van der Waals surface area contributed by atoms with Crippen molar-refractivity contribution in [3.63, 3.8) is 0 Å². The van der Waals surface area contributed by atoms with Crippen LogP contribution in [0.4, 0.5) is 0 Å². The molecular formula is C11H18N4O4S2. The molecule has 0 bridgehead atoms. The summed E-state index contributed by atoms with van der Waals surface area (Å²) in [6, 6.07) is 0. The van der Waals surface area contributed by atoms with E-state index in [0.717, 1.165) is 36.7 Å². The van der Waals surface area contributed by atoms with Crippen LogP contribution in [0.1, 0.15) is 31.0 Å². The highest BCUT2D eigenvalue weighted by atomic mass is 32.2. The predicted molar refractivity (Wildman–Crippen MR) is 77.8 cm³/mol. The van der Waals surface area contributed by atoms with Crippen LogP contribution in [0.3, 0.4) is 0 Å². The Morgan fingerprint density at radius 3 is 2.76 bits per heavy atom. The van der Waals surface area contributed by atoms with E-state index >= 15 is 0 Å². The first kappa shape index (κ1) is 16.2. The van der Waals surface area contributed by atoms with Gasteiger partial charge in [0, 0.05) is 19.0 Å². The molecule has 1 saturated carbocycles. The largest absolute Gasteiger partial charge is 0.481 e. The van der Waals surface area contributed by atoms with Gasteiger partial charge in [-0.3, -0.25) is 4.79 Å². The smallest absolute Gasteiger partial charge is 0.313 e. The number of aliphatic carboxylic acids is 1. The van der Waals surface area contributed by atoms with Crippen molar-refractivity contribution in [1.29, 1.82) is 0 Å². The summed E-state index contributed by atoms with van der Waals surface area (Å²) >= 11 is 1.14. The molecule has 1 aliphatic rings. The summed E-state index contributed by atoms with van der Waals surface area (Å²) in [5, 5.41) is 17.5. The van der Waals surface area contributed by atoms with Crippen LogP contribution in [0.25, 0.3) is 0 Å². The quantitative estimate of drug-likeness (QED) is 0.492. The van der Waals surface area contributed by atoms with Crippen LogP contribution in [-0.4, -0.2) is 52.8 Å². The Kier molecular flexibility index (Phi) is 5.22. The molecule has 2 N–H and O–H groups in total. The Morgan fingerprint density at radius 1 is 1.48 bits per heavy atom. The van der Waals surface area contributed by atoms with Crippen LogP contribution >= 0.6 is 11.8 Å². The molecule has 21 heavy (non-hydrogen) atoms. The fraction of sp³-hybridized carbons (Fsp3) is 0.727. The van der Waals surface area contributed by atoms with E-state index in [2.05, 4.69) is 14.9 Å². The van der Waals surface area contributed by atoms with E-state index in [9.17, 15) is 13.2 Å². The van der Waals surface area contributed by atoms with Gasteiger partial charge in [0.25, 0.3) is 0 Å². The topological polar surface area (TPSA) is 114 Å². The third-order valence-electron chi connectivity index (χ3n) is 2.94. The lowest BCUT2D eigenvalue weighted by Crippen LogP contribution is -2.24. The van der Waals surface area contributed by atoms with Crippen molar-refractivity contribution >= 4 is 27.8 Å². The SMILES string of the molecule is CS(=O)(=O)NCCCn1c(SCC(=O)O)nnc1C1CC1. The number of hydrogen-bond donors (Lipinski definition) is 2. The molecule has 1 aromatic heterocycles. The van der Waals surface area contributed by atoms with Gasteiger partial charge in [0.15, 0.2) is 5.16 Å². The number of nitrogens with zero attached hydrogens (tertiary/aromatic N) is 3. The molecule has 0 saturated heterocycles. The van der Waals surface area contributed by atoms with Crippen LogP contribution in [0, 0.1) is 0 Å². The molecule has 1 aromatic rings. The average Bonchev–Trinajstić information content (AvgIpc) is 3.13. The third kappa shape index (κ3) is 5.29. The molecule has 118 valence electrons. The van der Waals surface area contributed by atoms with Gasteiger partial charge in [-0.2, -0.15) is 0 Å².